The number of ether oxygens (including phenoxy) is 1. The first-order valence-electron chi connectivity index (χ1n) is 6.24. The van der Waals surface area contributed by atoms with Crippen LogP contribution in [0.2, 0.25) is 0 Å². The van der Waals surface area contributed by atoms with E-state index in [-0.39, 0.29) is 11.4 Å². The van der Waals surface area contributed by atoms with Crippen molar-refractivity contribution in [3.8, 4) is 0 Å². The fourth-order valence-corrected chi connectivity index (χ4v) is 5.85. The van der Waals surface area contributed by atoms with Crippen molar-refractivity contribution in [3.63, 3.8) is 0 Å². The molecule has 1 aromatic rings. The molecule has 0 aliphatic carbocycles. The van der Waals surface area contributed by atoms with Crippen LogP contribution in [0.5, 0.6) is 0 Å². The highest BCUT2D eigenvalue weighted by atomic mass is 79.9. The number of rotatable bonds is 4. The number of nitrogen functional groups attached to an aromatic ring is 1. The van der Waals surface area contributed by atoms with Gasteiger partial charge in [-0.2, -0.15) is 0 Å². The Hall–Kier alpha value is -0.190. The first kappa shape index (κ1) is 17.2. The number of anilines is 1. The molecule has 1 aliphatic rings. The van der Waals surface area contributed by atoms with E-state index in [2.05, 4.69) is 36.6 Å². The number of aliphatic hydroxyl groups is 1. The summed E-state index contributed by atoms with van der Waals surface area (Å²) in [4.78, 5) is 0.0480. The highest BCUT2D eigenvalue weighted by Crippen LogP contribution is 2.33. The average molecular weight is 444 g/mol. The highest BCUT2D eigenvalue weighted by Gasteiger charge is 2.40. The number of hydrogen-bond donors (Lipinski definition) is 3. The van der Waals surface area contributed by atoms with Crippen LogP contribution in [0.25, 0.3) is 0 Å². The third-order valence-corrected chi connectivity index (χ3v) is 6.79. The molecule has 2 unspecified atom stereocenters. The fourth-order valence-electron chi connectivity index (χ4n) is 2.13. The first-order chi connectivity index (χ1) is 9.66. The molecule has 2 rings (SSSR count). The first-order valence-corrected chi connectivity index (χ1v) is 9.31. The van der Waals surface area contributed by atoms with Crippen LogP contribution in [-0.2, 0) is 14.8 Å². The van der Waals surface area contributed by atoms with Gasteiger partial charge in [-0.05, 0) is 50.9 Å². The number of nitrogens with one attached hydrogen (secondary N) is 1. The summed E-state index contributed by atoms with van der Waals surface area (Å²) in [5, 5.41) is 10.4. The largest absolute Gasteiger partial charge is 0.399 e. The Kier molecular flexibility index (Phi) is 5.01. The zero-order valence-corrected chi connectivity index (χ0v) is 15.3. The van der Waals surface area contributed by atoms with Gasteiger partial charge in [-0.25, -0.2) is 13.1 Å². The summed E-state index contributed by atoms with van der Waals surface area (Å²) in [5.41, 5.74) is 4.89. The maximum absolute atomic E-state index is 12.4. The van der Waals surface area contributed by atoms with Gasteiger partial charge in [0.05, 0.1) is 6.10 Å². The Labute approximate surface area is 140 Å². The van der Waals surface area contributed by atoms with E-state index in [1.165, 1.54) is 12.1 Å². The molecule has 0 aromatic heterocycles. The third-order valence-electron chi connectivity index (χ3n) is 3.52. The minimum absolute atomic E-state index is 0.0480. The standard InChI is InChI=1S/C12H16Br2N2O4S/c1-7-12(17,2-3-20-7)6-16-21(18,19)11-9(13)4-8(15)5-10(11)14/h4-5,7,16-17H,2-3,6,15H2,1H3. The monoisotopic (exact) mass is 442 g/mol. The van der Waals surface area contributed by atoms with Gasteiger partial charge in [0.2, 0.25) is 10.0 Å². The van der Waals surface area contributed by atoms with Crippen molar-refractivity contribution in [2.45, 2.75) is 29.9 Å². The normalized spacial score (nSPS) is 26.2. The second-order valence-corrected chi connectivity index (χ2v) is 8.42. The number of nitrogens with two attached hydrogens (primary N) is 1. The van der Waals surface area contributed by atoms with E-state index in [0.29, 0.717) is 27.7 Å². The molecule has 6 nitrogen and oxygen atoms in total. The molecule has 0 saturated carbocycles. The third kappa shape index (κ3) is 3.59. The zero-order valence-electron chi connectivity index (χ0n) is 11.3. The Balaban J connectivity index is 2.24. The Bertz CT molecular complexity index is 630. The van der Waals surface area contributed by atoms with Gasteiger partial charge < -0.3 is 15.6 Å². The lowest BCUT2D eigenvalue weighted by Crippen LogP contribution is -2.47. The topological polar surface area (TPSA) is 102 Å². The van der Waals surface area contributed by atoms with Gasteiger partial charge in [0, 0.05) is 34.2 Å². The summed E-state index contributed by atoms with van der Waals surface area (Å²) in [7, 11) is -3.80. The van der Waals surface area contributed by atoms with E-state index in [4.69, 9.17) is 10.5 Å². The van der Waals surface area contributed by atoms with Crippen molar-refractivity contribution in [3.05, 3.63) is 21.1 Å². The van der Waals surface area contributed by atoms with Gasteiger partial charge in [-0.3, -0.25) is 0 Å². The summed E-state index contributed by atoms with van der Waals surface area (Å²) in [5.74, 6) is 0. The van der Waals surface area contributed by atoms with Crippen LogP contribution in [0, 0.1) is 0 Å². The van der Waals surface area contributed by atoms with Gasteiger partial charge in [-0.1, -0.05) is 0 Å². The molecule has 21 heavy (non-hydrogen) atoms. The molecule has 118 valence electrons. The second kappa shape index (κ2) is 6.13. The van der Waals surface area contributed by atoms with E-state index in [9.17, 15) is 13.5 Å². The number of hydrogen-bond acceptors (Lipinski definition) is 5. The summed E-state index contributed by atoms with van der Waals surface area (Å²) in [6.07, 6.45) is -0.0284. The molecule has 0 radical (unpaired) electrons. The molecule has 2 atom stereocenters. The highest BCUT2D eigenvalue weighted by molar-refractivity contribution is 9.11. The Morgan fingerprint density at radius 2 is 2.05 bits per heavy atom. The summed E-state index contributed by atoms with van der Waals surface area (Å²) in [6, 6.07) is 3.02. The molecule has 1 fully saturated rings. The number of halogens is 2. The SMILES string of the molecule is CC1OCCC1(O)CNS(=O)(=O)c1c(Br)cc(N)cc1Br. The molecule has 1 aliphatic heterocycles. The van der Waals surface area contributed by atoms with Gasteiger partial charge in [-0.15, -0.1) is 0 Å². The van der Waals surface area contributed by atoms with Crippen LogP contribution in [0.3, 0.4) is 0 Å². The molecule has 1 heterocycles. The Morgan fingerprint density at radius 3 is 2.52 bits per heavy atom. The number of sulfonamides is 1. The van der Waals surface area contributed by atoms with E-state index < -0.39 is 21.7 Å². The summed E-state index contributed by atoms with van der Waals surface area (Å²) < 4.78 is 33.3. The van der Waals surface area contributed by atoms with Gasteiger partial charge in [0.25, 0.3) is 0 Å². The summed E-state index contributed by atoms with van der Waals surface area (Å²) in [6.45, 7) is 2.02. The minimum atomic E-state index is -3.80. The molecular formula is C12H16Br2N2O4S. The second-order valence-electron chi connectivity index (χ2n) is 5.00. The van der Waals surface area contributed by atoms with Crippen molar-refractivity contribution in [2.24, 2.45) is 0 Å². The maximum atomic E-state index is 12.4. The zero-order chi connectivity index (χ0) is 15.8. The van der Waals surface area contributed by atoms with Crippen molar-refractivity contribution >= 4 is 47.6 Å². The van der Waals surface area contributed by atoms with Crippen LogP contribution in [0.15, 0.2) is 26.0 Å². The van der Waals surface area contributed by atoms with E-state index in [1.807, 2.05) is 0 Å². The van der Waals surface area contributed by atoms with E-state index in [0.717, 1.165) is 0 Å². The number of benzene rings is 1. The molecule has 9 heteroatoms. The van der Waals surface area contributed by atoms with E-state index in [1.54, 1.807) is 6.92 Å². The molecule has 0 bridgehead atoms. The lowest BCUT2D eigenvalue weighted by atomic mass is 9.97. The van der Waals surface area contributed by atoms with E-state index >= 15 is 0 Å². The molecule has 1 saturated heterocycles. The minimum Gasteiger partial charge on any atom is -0.399 e. The molecular weight excluding hydrogens is 428 g/mol. The van der Waals surface area contributed by atoms with Crippen molar-refractivity contribution in [1.82, 2.24) is 4.72 Å². The lowest BCUT2D eigenvalue weighted by Gasteiger charge is -2.26. The lowest BCUT2D eigenvalue weighted by molar-refractivity contribution is -0.0228. The van der Waals surface area contributed by atoms with Crippen molar-refractivity contribution in [2.75, 3.05) is 18.9 Å². The fraction of sp³-hybridized carbons (Fsp3) is 0.500. The quantitative estimate of drug-likeness (QED) is 0.613. The predicted molar refractivity (Wildman–Crippen MR) is 86.4 cm³/mol. The Morgan fingerprint density at radius 1 is 1.48 bits per heavy atom. The summed E-state index contributed by atoms with van der Waals surface area (Å²) >= 11 is 6.39. The maximum Gasteiger partial charge on any atom is 0.242 e. The van der Waals surface area contributed by atoms with Crippen LogP contribution in [0.1, 0.15) is 13.3 Å². The molecule has 1 aromatic carbocycles. The van der Waals surface area contributed by atoms with Crippen molar-refractivity contribution in [1.29, 1.82) is 0 Å². The predicted octanol–water partition coefficient (Wildman–Crippen LogP) is 1.61. The smallest absolute Gasteiger partial charge is 0.242 e. The van der Waals surface area contributed by atoms with Crippen LogP contribution in [-0.4, -0.2) is 38.4 Å². The molecule has 0 spiro atoms. The molecule has 4 N–H and O–H groups in total. The van der Waals surface area contributed by atoms with Gasteiger partial charge >= 0.3 is 0 Å². The van der Waals surface area contributed by atoms with Gasteiger partial charge in [0.1, 0.15) is 10.5 Å². The van der Waals surface area contributed by atoms with Gasteiger partial charge in [0.15, 0.2) is 0 Å². The average Bonchev–Trinajstić information content (AvgIpc) is 2.66. The van der Waals surface area contributed by atoms with Crippen LogP contribution < -0.4 is 10.5 Å². The van der Waals surface area contributed by atoms with Crippen LogP contribution >= 0.6 is 31.9 Å². The molecule has 0 amide bonds. The van der Waals surface area contributed by atoms with Crippen molar-refractivity contribution < 1.29 is 18.3 Å². The van der Waals surface area contributed by atoms with Crippen LogP contribution in [0.4, 0.5) is 5.69 Å².